The van der Waals surface area contributed by atoms with Crippen molar-refractivity contribution in [3.63, 3.8) is 0 Å². The van der Waals surface area contributed by atoms with Crippen molar-refractivity contribution in [2.24, 2.45) is 0 Å². The molecule has 2 aromatic rings. The predicted molar refractivity (Wildman–Crippen MR) is 65.8 cm³/mol. The highest BCUT2D eigenvalue weighted by atomic mass is 19.4. The van der Waals surface area contributed by atoms with Crippen LogP contribution in [0.2, 0.25) is 0 Å². The maximum atomic E-state index is 13.9. The van der Waals surface area contributed by atoms with Crippen LogP contribution in [0, 0.1) is 24.1 Å². The number of rotatable bonds is 2. The van der Waals surface area contributed by atoms with Gasteiger partial charge in [-0.25, -0.2) is 9.37 Å². The first-order valence-corrected chi connectivity index (χ1v) is 5.77. The molecule has 0 bridgehead atoms. The quantitative estimate of drug-likeness (QED) is 0.865. The van der Waals surface area contributed by atoms with Crippen molar-refractivity contribution in [2.45, 2.75) is 13.1 Å². The molecule has 0 fully saturated rings. The molecule has 0 spiro atoms. The number of nitrogens with zero attached hydrogens (tertiary/aromatic N) is 2. The molecule has 22 heavy (non-hydrogen) atoms. The van der Waals surface area contributed by atoms with Crippen molar-refractivity contribution in [3.8, 4) is 17.6 Å². The molecule has 0 unspecified atom stereocenters. The molecule has 1 N–H and O–H groups in total. The van der Waals surface area contributed by atoms with Crippen molar-refractivity contribution >= 4 is 0 Å². The third-order valence-electron chi connectivity index (χ3n) is 2.60. The van der Waals surface area contributed by atoms with Crippen LogP contribution in [0.1, 0.15) is 16.8 Å². The van der Waals surface area contributed by atoms with Gasteiger partial charge in [-0.05, 0) is 24.6 Å². The Morgan fingerprint density at radius 1 is 1.36 bits per heavy atom. The first-order chi connectivity index (χ1) is 10.2. The van der Waals surface area contributed by atoms with Gasteiger partial charge >= 0.3 is 6.18 Å². The molecule has 0 saturated heterocycles. The van der Waals surface area contributed by atoms with Gasteiger partial charge < -0.3 is 9.72 Å². The fourth-order valence-corrected chi connectivity index (χ4v) is 1.68. The number of benzene rings is 1. The first-order valence-electron chi connectivity index (χ1n) is 5.77. The summed E-state index contributed by atoms with van der Waals surface area (Å²) >= 11 is 0. The van der Waals surface area contributed by atoms with Crippen LogP contribution >= 0.6 is 0 Å². The normalized spacial score (nSPS) is 11.1. The van der Waals surface area contributed by atoms with E-state index in [1.54, 1.807) is 6.07 Å². The summed E-state index contributed by atoms with van der Waals surface area (Å²) in [5.74, 6) is -3.02. The van der Waals surface area contributed by atoms with E-state index in [4.69, 9.17) is 10.00 Å². The highest BCUT2D eigenvalue weighted by Crippen LogP contribution is 2.35. The average molecular weight is 313 g/mol. The molecular formula is C13H7F4N3O2. The summed E-state index contributed by atoms with van der Waals surface area (Å²) in [6.45, 7) is 1.49. The molecule has 0 amide bonds. The maximum absolute atomic E-state index is 13.9. The molecule has 0 atom stereocenters. The summed E-state index contributed by atoms with van der Waals surface area (Å²) in [5, 5.41) is 8.77. The molecule has 2 rings (SSSR count). The van der Waals surface area contributed by atoms with E-state index in [1.807, 2.05) is 4.98 Å². The lowest BCUT2D eigenvalue weighted by Gasteiger charge is -2.12. The summed E-state index contributed by atoms with van der Waals surface area (Å²) in [5.41, 5.74) is -2.84. The fourth-order valence-electron chi connectivity index (χ4n) is 1.68. The predicted octanol–water partition coefficient (Wildman–Crippen LogP) is 2.90. The third-order valence-corrected chi connectivity index (χ3v) is 2.60. The Balaban J connectivity index is 2.61. The second kappa shape index (κ2) is 5.48. The molecular weight excluding hydrogens is 306 g/mol. The number of aromatic nitrogens is 2. The number of ether oxygens (including phenoxy) is 1. The van der Waals surface area contributed by atoms with E-state index in [2.05, 4.69) is 4.98 Å². The second-order valence-corrected chi connectivity index (χ2v) is 4.25. The van der Waals surface area contributed by atoms with E-state index >= 15 is 0 Å². The first kappa shape index (κ1) is 15.5. The van der Waals surface area contributed by atoms with E-state index in [0.717, 1.165) is 6.07 Å². The Bertz CT molecular complexity index is 822. The van der Waals surface area contributed by atoms with Crippen molar-refractivity contribution in [3.05, 3.63) is 51.5 Å². The molecule has 1 heterocycles. The van der Waals surface area contributed by atoms with Gasteiger partial charge in [0.15, 0.2) is 17.3 Å². The van der Waals surface area contributed by atoms with Crippen LogP contribution < -0.4 is 10.3 Å². The van der Waals surface area contributed by atoms with Crippen LogP contribution in [-0.2, 0) is 6.18 Å². The standard InChI is InChI=1S/C13H7F4N3O2/c1-6-2-7(4-18)9(14)8(3-6)22-10-11(13(15,16)17)19-5-20-12(10)21/h2-3,5H,1H3,(H,19,20,21). The van der Waals surface area contributed by atoms with Gasteiger partial charge in [0.05, 0.1) is 11.9 Å². The molecule has 0 aliphatic carbocycles. The Morgan fingerprint density at radius 3 is 2.64 bits per heavy atom. The van der Waals surface area contributed by atoms with E-state index in [9.17, 15) is 22.4 Å². The molecule has 1 aromatic carbocycles. The Labute approximate surface area is 120 Å². The van der Waals surface area contributed by atoms with Gasteiger partial charge in [0.25, 0.3) is 5.56 Å². The van der Waals surface area contributed by atoms with Gasteiger partial charge in [-0.3, -0.25) is 4.79 Å². The number of hydrogen-bond donors (Lipinski definition) is 1. The van der Waals surface area contributed by atoms with E-state index < -0.39 is 40.3 Å². The lowest BCUT2D eigenvalue weighted by Crippen LogP contribution is -2.19. The summed E-state index contributed by atoms with van der Waals surface area (Å²) in [6, 6.07) is 3.81. The zero-order valence-electron chi connectivity index (χ0n) is 11.0. The van der Waals surface area contributed by atoms with Gasteiger partial charge in [0, 0.05) is 0 Å². The minimum Gasteiger partial charge on any atom is -0.446 e. The van der Waals surface area contributed by atoms with Gasteiger partial charge in [0.1, 0.15) is 6.07 Å². The number of alkyl halides is 3. The molecule has 5 nitrogen and oxygen atoms in total. The zero-order chi connectivity index (χ0) is 16.5. The van der Waals surface area contributed by atoms with Gasteiger partial charge in [-0.1, -0.05) is 0 Å². The molecule has 1 aromatic heterocycles. The van der Waals surface area contributed by atoms with Crippen molar-refractivity contribution in [1.29, 1.82) is 5.26 Å². The van der Waals surface area contributed by atoms with Gasteiger partial charge in [0.2, 0.25) is 5.75 Å². The highest BCUT2D eigenvalue weighted by molar-refractivity contribution is 5.44. The monoisotopic (exact) mass is 313 g/mol. The van der Waals surface area contributed by atoms with Crippen LogP contribution in [0.5, 0.6) is 11.5 Å². The Kier molecular flexibility index (Phi) is 3.86. The van der Waals surface area contributed by atoms with Crippen molar-refractivity contribution in [1.82, 2.24) is 9.97 Å². The average Bonchev–Trinajstić information content (AvgIpc) is 2.43. The largest absolute Gasteiger partial charge is 0.446 e. The zero-order valence-corrected chi connectivity index (χ0v) is 11.0. The Hall–Kier alpha value is -2.89. The molecule has 9 heteroatoms. The summed E-state index contributed by atoms with van der Waals surface area (Å²) < 4.78 is 57.2. The van der Waals surface area contributed by atoms with E-state index in [-0.39, 0.29) is 0 Å². The van der Waals surface area contributed by atoms with Gasteiger partial charge in [-0.15, -0.1) is 0 Å². The van der Waals surface area contributed by atoms with Crippen LogP contribution in [0.3, 0.4) is 0 Å². The van der Waals surface area contributed by atoms with Crippen LogP contribution in [-0.4, -0.2) is 9.97 Å². The number of aromatic amines is 1. The number of nitrogens with one attached hydrogen (secondary N) is 1. The lowest BCUT2D eigenvalue weighted by atomic mass is 10.1. The van der Waals surface area contributed by atoms with E-state index in [0.29, 0.717) is 11.9 Å². The Morgan fingerprint density at radius 2 is 2.05 bits per heavy atom. The lowest BCUT2D eigenvalue weighted by molar-refractivity contribution is -0.142. The molecule has 0 saturated carbocycles. The van der Waals surface area contributed by atoms with Crippen LogP contribution in [0.4, 0.5) is 17.6 Å². The van der Waals surface area contributed by atoms with E-state index in [1.165, 1.54) is 13.0 Å². The van der Waals surface area contributed by atoms with Crippen molar-refractivity contribution < 1.29 is 22.3 Å². The summed E-state index contributed by atoms with van der Waals surface area (Å²) in [4.78, 5) is 16.5. The molecule has 114 valence electrons. The molecule has 0 aliphatic heterocycles. The minimum absolute atomic E-state index is 0.377. The fraction of sp³-hybridized carbons (Fsp3) is 0.154. The molecule has 0 aliphatic rings. The highest BCUT2D eigenvalue weighted by Gasteiger charge is 2.38. The van der Waals surface area contributed by atoms with Gasteiger partial charge in [-0.2, -0.15) is 18.4 Å². The maximum Gasteiger partial charge on any atom is 0.437 e. The number of nitriles is 1. The number of aryl methyl sites for hydroxylation is 1. The van der Waals surface area contributed by atoms with Crippen molar-refractivity contribution in [2.75, 3.05) is 0 Å². The SMILES string of the molecule is Cc1cc(C#N)c(F)c(Oc2c(C(F)(F)F)nc[nH]c2=O)c1. The minimum atomic E-state index is -4.96. The molecule has 0 radical (unpaired) electrons. The summed E-state index contributed by atoms with van der Waals surface area (Å²) in [7, 11) is 0. The third kappa shape index (κ3) is 2.90. The smallest absolute Gasteiger partial charge is 0.437 e. The second-order valence-electron chi connectivity index (χ2n) is 4.25. The number of halogens is 4. The van der Waals surface area contributed by atoms with Crippen LogP contribution in [0.25, 0.3) is 0 Å². The number of hydrogen-bond acceptors (Lipinski definition) is 4. The topological polar surface area (TPSA) is 78.8 Å². The van der Waals surface area contributed by atoms with Crippen LogP contribution in [0.15, 0.2) is 23.3 Å². The number of H-pyrrole nitrogens is 1. The summed E-state index contributed by atoms with van der Waals surface area (Å²) in [6.07, 6.45) is -4.40.